The number of amides is 1. The van der Waals surface area contributed by atoms with Crippen LogP contribution in [0.2, 0.25) is 0 Å². The van der Waals surface area contributed by atoms with Gasteiger partial charge in [-0.1, -0.05) is 30.3 Å². The lowest BCUT2D eigenvalue weighted by molar-refractivity contribution is -0.131. The molecular weight excluding hydrogens is 300 g/mol. The quantitative estimate of drug-likeness (QED) is 0.866. The van der Waals surface area contributed by atoms with Gasteiger partial charge in [0.25, 0.3) is 0 Å². The highest BCUT2D eigenvalue weighted by Gasteiger charge is 2.22. The molecule has 0 saturated carbocycles. The molecule has 0 atom stereocenters. The van der Waals surface area contributed by atoms with E-state index in [4.69, 9.17) is 0 Å². The highest BCUT2D eigenvalue weighted by atomic mass is 16.2. The van der Waals surface area contributed by atoms with Crippen LogP contribution in [0.4, 0.5) is 5.95 Å². The molecular formula is C19H24N4O. The molecule has 0 radical (unpaired) electrons. The van der Waals surface area contributed by atoms with Crippen LogP contribution in [-0.2, 0) is 11.2 Å². The van der Waals surface area contributed by atoms with E-state index in [0.29, 0.717) is 6.42 Å². The van der Waals surface area contributed by atoms with Crippen molar-refractivity contribution in [2.45, 2.75) is 26.7 Å². The van der Waals surface area contributed by atoms with Crippen molar-refractivity contribution in [1.29, 1.82) is 0 Å². The van der Waals surface area contributed by atoms with E-state index in [2.05, 4.69) is 27.0 Å². The lowest BCUT2D eigenvalue weighted by Crippen LogP contribution is -2.49. The molecule has 1 aliphatic heterocycles. The second kappa shape index (κ2) is 7.43. The van der Waals surface area contributed by atoms with E-state index in [-0.39, 0.29) is 5.91 Å². The Morgan fingerprint density at radius 1 is 1.00 bits per heavy atom. The number of piperazine rings is 1. The van der Waals surface area contributed by atoms with Gasteiger partial charge in [0.15, 0.2) is 0 Å². The smallest absolute Gasteiger partial charge is 0.225 e. The summed E-state index contributed by atoms with van der Waals surface area (Å²) in [4.78, 5) is 25.6. The Morgan fingerprint density at radius 2 is 1.62 bits per heavy atom. The van der Waals surface area contributed by atoms with E-state index in [0.717, 1.165) is 49.9 Å². The van der Waals surface area contributed by atoms with Gasteiger partial charge in [0.2, 0.25) is 11.9 Å². The predicted octanol–water partition coefficient (Wildman–Crippen LogP) is 2.37. The minimum Gasteiger partial charge on any atom is -0.339 e. The van der Waals surface area contributed by atoms with Gasteiger partial charge in [-0.05, 0) is 31.9 Å². The second-order valence-corrected chi connectivity index (χ2v) is 6.30. The van der Waals surface area contributed by atoms with Crippen LogP contribution in [0.1, 0.15) is 23.4 Å². The fourth-order valence-electron chi connectivity index (χ4n) is 3.06. The maximum atomic E-state index is 12.4. The Kier molecular flexibility index (Phi) is 5.08. The molecule has 1 amide bonds. The van der Waals surface area contributed by atoms with Gasteiger partial charge in [0.05, 0.1) is 0 Å². The topological polar surface area (TPSA) is 49.3 Å². The zero-order valence-electron chi connectivity index (χ0n) is 14.4. The summed E-state index contributed by atoms with van der Waals surface area (Å²) in [5, 5.41) is 0. The first kappa shape index (κ1) is 16.4. The van der Waals surface area contributed by atoms with Gasteiger partial charge < -0.3 is 9.80 Å². The number of nitrogens with zero attached hydrogens (tertiary/aromatic N) is 4. The number of hydrogen-bond acceptors (Lipinski definition) is 4. The Morgan fingerprint density at radius 3 is 2.25 bits per heavy atom. The zero-order valence-corrected chi connectivity index (χ0v) is 14.4. The van der Waals surface area contributed by atoms with Gasteiger partial charge >= 0.3 is 0 Å². The van der Waals surface area contributed by atoms with Gasteiger partial charge in [-0.3, -0.25) is 4.79 Å². The largest absolute Gasteiger partial charge is 0.339 e. The van der Waals surface area contributed by atoms with Crippen LogP contribution in [-0.4, -0.2) is 47.0 Å². The molecule has 5 heteroatoms. The molecule has 1 fully saturated rings. The van der Waals surface area contributed by atoms with Crippen LogP contribution < -0.4 is 4.90 Å². The van der Waals surface area contributed by atoms with Crippen molar-refractivity contribution >= 4 is 11.9 Å². The lowest BCUT2D eigenvalue weighted by Gasteiger charge is -2.35. The summed E-state index contributed by atoms with van der Waals surface area (Å²) in [6.07, 6.45) is 1.38. The van der Waals surface area contributed by atoms with Crippen LogP contribution in [0.3, 0.4) is 0 Å². The molecule has 2 heterocycles. The Hall–Kier alpha value is -2.43. The highest BCUT2D eigenvalue weighted by molar-refractivity contribution is 5.76. The number of aryl methyl sites for hydroxylation is 3. The van der Waals surface area contributed by atoms with Crippen molar-refractivity contribution in [2.24, 2.45) is 0 Å². The molecule has 1 aromatic carbocycles. The first-order chi connectivity index (χ1) is 11.6. The molecule has 2 aromatic rings. The van der Waals surface area contributed by atoms with Crippen molar-refractivity contribution in [3.05, 3.63) is 53.3 Å². The summed E-state index contributed by atoms with van der Waals surface area (Å²) in [7, 11) is 0. The molecule has 1 aliphatic rings. The van der Waals surface area contributed by atoms with E-state index in [9.17, 15) is 4.79 Å². The summed E-state index contributed by atoms with van der Waals surface area (Å²) in [5.41, 5.74) is 3.19. The van der Waals surface area contributed by atoms with E-state index >= 15 is 0 Å². The van der Waals surface area contributed by atoms with Crippen molar-refractivity contribution < 1.29 is 4.79 Å². The molecule has 126 valence electrons. The molecule has 0 aliphatic carbocycles. The number of rotatable bonds is 4. The molecule has 0 unspecified atom stereocenters. The van der Waals surface area contributed by atoms with Crippen molar-refractivity contribution in [2.75, 3.05) is 31.1 Å². The van der Waals surface area contributed by atoms with Crippen LogP contribution in [0.5, 0.6) is 0 Å². The molecule has 1 aromatic heterocycles. The van der Waals surface area contributed by atoms with Crippen LogP contribution in [0.15, 0.2) is 36.4 Å². The number of carbonyl (C=O) groups is 1. The number of benzene rings is 1. The molecule has 0 N–H and O–H groups in total. The first-order valence-electron chi connectivity index (χ1n) is 8.51. The Balaban J connectivity index is 1.52. The summed E-state index contributed by atoms with van der Waals surface area (Å²) >= 11 is 0. The monoisotopic (exact) mass is 324 g/mol. The van der Waals surface area contributed by atoms with Gasteiger partial charge in [-0.15, -0.1) is 0 Å². The van der Waals surface area contributed by atoms with Gasteiger partial charge in [-0.25, -0.2) is 9.97 Å². The second-order valence-electron chi connectivity index (χ2n) is 6.30. The minimum atomic E-state index is 0.236. The molecule has 0 bridgehead atoms. The first-order valence-corrected chi connectivity index (χ1v) is 8.51. The molecule has 1 saturated heterocycles. The van der Waals surface area contributed by atoms with Crippen LogP contribution in [0, 0.1) is 13.8 Å². The summed E-state index contributed by atoms with van der Waals surface area (Å²) in [6.45, 7) is 7.04. The fourth-order valence-corrected chi connectivity index (χ4v) is 3.06. The predicted molar refractivity (Wildman–Crippen MR) is 95.1 cm³/mol. The summed E-state index contributed by atoms with van der Waals surface area (Å²) < 4.78 is 0. The Bertz CT molecular complexity index is 674. The highest BCUT2D eigenvalue weighted by Crippen LogP contribution is 2.14. The maximum Gasteiger partial charge on any atom is 0.225 e. The minimum absolute atomic E-state index is 0.236. The van der Waals surface area contributed by atoms with Crippen molar-refractivity contribution in [3.63, 3.8) is 0 Å². The average molecular weight is 324 g/mol. The average Bonchev–Trinajstić information content (AvgIpc) is 2.60. The SMILES string of the molecule is Cc1cc(C)nc(N2CCN(C(=O)CCc3ccccc3)CC2)n1. The van der Waals surface area contributed by atoms with Gasteiger partial charge in [0.1, 0.15) is 0 Å². The third-order valence-corrected chi connectivity index (χ3v) is 4.36. The number of aromatic nitrogens is 2. The molecule has 0 spiro atoms. The third kappa shape index (κ3) is 4.10. The van der Waals surface area contributed by atoms with Gasteiger partial charge in [0, 0.05) is 44.0 Å². The van der Waals surface area contributed by atoms with E-state index < -0.39 is 0 Å². The van der Waals surface area contributed by atoms with Gasteiger partial charge in [-0.2, -0.15) is 0 Å². The standard InChI is InChI=1S/C19H24N4O/c1-15-14-16(2)21-19(20-15)23-12-10-22(11-13-23)18(24)9-8-17-6-4-3-5-7-17/h3-7,14H,8-13H2,1-2H3. The van der Waals surface area contributed by atoms with E-state index in [1.807, 2.05) is 43.0 Å². The number of carbonyl (C=O) groups excluding carboxylic acids is 1. The third-order valence-electron chi connectivity index (χ3n) is 4.36. The molecule has 5 nitrogen and oxygen atoms in total. The van der Waals surface area contributed by atoms with Crippen LogP contribution in [0.25, 0.3) is 0 Å². The van der Waals surface area contributed by atoms with Crippen molar-refractivity contribution in [3.8, 4) is 0 Å². The van der Waals surface area contributed by atoms with Crippen LogP contribution >= 0.6 is 0 Å². The number of anilines is 1. The van der Waals surface area contributed by atoms with E-state index in [1.165, 1.54) is 5.56 Å². The van der Waals surface area contributed by atoms with Crippen molar-refractivity contribution in [1.82, 2.24) is 14.9 Å². The molecule has 3 rings (SSSR count). The normalized spacial score (nSPS) is 14.8. The number of hydrogen-bond donors (Lipinski definition) is 0. The lowest BCUT2D eigenvalue weighted by atomic mass is 10.1. The zero-order chi connectivity index (χ0) is 16.9. The Labute approximate surface area is 143 Å². The molecule has 24 heavy (non-hydrogen) atoms. The van der Waals surface area contributed by atoms with E-state index in [1.54, 1.807) is 0 Å². The fraction of sp³-hybridized carbons (Fsp3) is 0.421. The maximum absolute atomic E-state index is 12.4. The summed E-state index contributed by atoms with van der Waals surface area (Å²) in [6, 6.07) is 12.2. The summed E-state index contributed by atoms with van der Waals surface area (Å²) in [5.74, 6) is 1.02.